The van der Waals surface area contributed by atoms with Gasteiger partial charge in [0.25, 0.3) is 5.69 Å². The first-order chi connectivity index (χ1) is 12.3. The summed E-state index contributed by atoms with van der Waals surface area (Å²) < 4.78 is 0. The van der Waals surface area contributed by atoms with Gasteiger partial charge in [-0.15, -0.1) is 0 Å². The van der Waals surface area contributed by atoms with Gasteiger partial charge in [0.15, 0.2) is 5.11 Å². The SMILES string of the molecule is CC(=O)NC(=S)Nc1ccc(N=Cc2cc(Cl)cc([N+](=O)[O-])c2[O-])cc1. The molecule has 0 heterocycles. The maximum absolute atomic E-state index is 12.0. The number of nitro benzene ring substituents is 1. The van der Waals surface area contributed by atoms with E-state index in [9.17, 15) is 20.0 Å². The topological polar surface area (TPSA) is 120 Å². The number of hydrogen-bond donors (Lipinski definition) is 2. The lowest BCUT2D eigenvalue weighted by Crippen LogP contribution is -2.32. The average Bonchev–Trinajstić information content (AvgIpc) is 2.55. The monoisotopic (exact) mass is 391 g/mol. The largest absolute Gasteiger partial charge is 0.867 e. The van der Waals surface area contributed by atoms with Crippen molar-refractivity contribution in [2.45, 2.75) is 6.92 Å². The molecule has 8 nitrogen and oxygen atoms in total. The Morgan fingerprint density at radius 3 is 2.54 bits per heavy atom. The highest BCUT2D eigenvalue weighted by atomic mass is 35.5. The van der Waals surface area contributed by atoms with Crippen LogP contribution >= 0.6 is 23.8 Å². The van der Waals surface area contributed by atoms with Gasteiger partial charge in [-0.25, -0.2) is 0 Å². The second kappa shape index (κ2) is 8.37. The van der Waals surface area contributed by atoms with E-state index in [0.29, 0.717) is 11.4 Å². The van der Waals surface area contributed by atoms with Crippen molar-refractivity contribution in [3.05, 3.63) is 57.1 Å². The van der Waals surface area contributed by atoms with E-state index in [1.165, 1.54) is 19.2 Å². The summed E-state index contributed by atoms with van der Waals surface area (Å²) in [6.45, 7) is 1.34. The van der Waals surface area contributed by atoms with E-state index in [-0.39, 0.29) is 21.6 Å². The molecule has 0 fully saturated rings. The number of nitrogens with one attached hydrogen (secondary N) is 2. The van der Waals surface area contributed by atoms with Crippen LogP contribution in [-0.4, -0.2) is 22.2 Å². The lowest BCUT2D eigenvalue weighted by molar-refractivity contribution is -0.398. The summed E-state index contributed by atoms with van der Waals surface area (Å²) in [6, 6.07) is 8.91. The van der Waals surface area contributed by atoms with Gasteiger partial charge in [0.05, 0.1) is 10.6 Å². The van der Waals surface area contributed by atoms with Crippen molar-refractivity contribution in [1.29, 1.82) is 0 Å². The number of carbonyl (C=O) groups is 1. The second-order valence-corrected chi connectivity index (χ2v) is 5.89. The molecule has 0 unspecified atom stereocenters. The molecule has 134 valence electrons. The standard InChI is InChI=1S/C16H13ClN4O4S/c1-9(22)19-16(26)20-13-4-2-12(3-5-13)18-8-10-6-11(17)7-14(15(10)23)21(24)25/h2-8,23H,1H3,(H2,19,20,22,26)/p-1. The molecule has 0 atom stereocenters. The van der Waals surface area contributed by atoms with Crippen LogP contribution in [0, 0.1) is 10.1 Å². The second-order valence-electron chi connectivity index (χ2n) is 5.04. The molecule has 0 saturated carbocycles. The van der Waals surface area contributed by atoms with E-state index in [1.807, 2.05) is 0 Å². The third-order valence-corrected chi connectivity index (χ3v) is 3.45. The Morgan fingerprint density at radius 1 is 1.31 bits per heavy atom. The van der Waals surface area contributed by atoms with Gasteiger partial charge < -0.3 is 15.7 Å². The van der Waals surface area contributed by atoms with Crippen LogP contribution < -0.4 is 15.7 Å². The molecule has 0 saturated heterocycles. The smallest absolute Gasteiger partial charge is 0.263 e. The Labute approximate surface area is 158 Å². The molecule has 0 aliphatic rings. The number of hydrogen-bond acceptors (Lipinski definition) is 6. The lowest BCUT2D eigenvalue weighted by atomic mass is 10.2. The van der Waals surface area contributed by atoms with E-state index in [2.05, 4.69) is 15.6 Å². The Balaban J connectivity index is 2.15. The highest BCUT2D eigenvalue weighted by Gasteiger charge is 2.11. The first-order valence-corrected chi connectivity index (χ1v) is 7.92. The van der Waals surface area contributed by atoms with Crippen molar-refractivity contribution in [1.82, 2.24) is 5.32 Å². The zero-order valence-corrected chi connectivity index (χ0v) is 14.9. The van der Waals surface area contributed by atoms with Crippen molar-refractivity contribution in [3.8, 4) is 5.75 Å². The quantitative estimate of drug-likeness (QED) is 0.358. The van der Waals surface area contributed by atoms with Crippen LogP contribution in [0.3, 0.4) is 0 Å². The van der Waals surface area contributed by atoms with Gasteiger partial charge in [-0.3, -0.25) is 19.9 Å². The Kier molecular flexibility index (Phi) is 6.21. The van der Waals surface area contributed by atoms with Gasteiger partial charge >= 0.3 is 0 Å². The molecular formula is C16H12ClN4O4S-. The number of rotatable bonds is 4. The van der Waals surface area contributed by atoms with Crippen LogP contribution in [0.25, 0.3) is 0 Å². The van der Waals surface area contributed by atoms with Gasteiger partial charge in [-0.1, -0.05) is 11.6 Å². The number of nitrogens with zero attached hydrogens (tertiary/aromatic N) is 2. The van der Waals surface area contributed by atoms with E-state index in [4.69, 9.17) is 23.8 Å². The van der Waals surface area contributed by atoms with Crippen molar-refractivity contribution in [2.75, 3.05) is 5.32 Å². The average molecular weight is 392 g/mol. The minimum atomic E-state index is -0.788. The fraction of sp³-hybridized carbons (Fsp3) is 0.0625. The highest BCUT2D eigenvalue weighted by Crippen LogP contribution is 2.30. The van der Waals surface area contributed by atoms with Crippen LogP contribution in [0.1, 0.15) is 12.5 Å². The molecule has 0 bridgehead atoms. The van der Waals surface area contributed by atoms with Crippen molar-refractivity contribution in [3.63, 3.8) is 0 Å². The summed E-state index contributed by atoms with van der Waals surface area (Å²) in [6.07, 6.45) is 1.21. The summed E-state index contributed by atoms with van der Waals surface area (Å²) in [5.41, 5.74) is 0.539. The van der Waals surface area contributed by atoms with Crippen LogP contribution in [0.15, 0.2) is 41.4 Å². The van der Waals surface area contributed by atoms with Crippen LogP contribution in [0.4, 0.5) is 17.1 Å². The number of nitro groups is 1. The summed E-state index contributed by atoms with van der Waals surface area (Å²) in [5, 5.41) is 28.3. The number of anilines is 1. The van der Waals surface area contributed by atoms with Gasteiger partial charge in [0.1, 0.15) is 0 Å². The number of halogens is 1. The predicted molar refractivity (Wildman–Crippen MR) is 101 cm³/mol. The molecule has 2 N–H and O–H groups in total. The summed E-state index contributed by atoms with van der Waals surface area (Å²) in [4.78, 5) is 25.1. The molecule has 2 rings (SSSR count). The van der Waals surface area contributed by atoms with Crippen LogP contribution in [0.2, 0.25) is 5.02 Å². The normalized spacial score (nSPS) is 10.5. The number of benzene rings is 2. The Bertz CT molecular complexity index is 900. The zero-order valence-electron chi connectivity index (χ0n) is 13.4. The molecular weight excluding hydrogens is 380 g/mol. The maximum atomic E-state index is 12.0. The lowest BCUT2D eigenvalue weighted by Gasteiger charge is -2.11. The number of carbonyl (C=O) groups excluding carboxylic acids is 1. The van der Waals surface area contributed by atoms with Gasteiger partial charge in [-0.05, 0) is 53.9 Å². The molecule has 0 radical (unpaired) electrons. The molecule has 2 aromatic carbocycles. The Hall–Kier alpha value is -3.04. The summed E-state index contributed by atoms with van der Waals surface area (Å²) in [7, 11) is 0. The van der Waals surface area contributed by atoms with E-state index >= 15 is 0 Å². The first kappa shape index (κ1) is 19.3. The van der Waals surface area contributed by atoms with Crippen LogP contribution in [-0.2, 0) is 4.79 Å². The molecule has 0 aliphatic heterocycles. The minimum Gasteiger partial charge on any atom is -0.867 e. The van der Waals surface area contributed by atoms with Gasteiger partial charge in [0.2, 0.25) is 5.91 Å². The fourth-order valence-corrected chi connectivity index (χ4v) is 2.41. The minimum absolute atomic E-state index is 0.0123. The maximum Gasteiger partial charge on any atom is 0.263 e. The molecule has 0 aromatic heterocycles. The van der Waals surface area contributed by atoms with Crippen molar-refractivity contribution >= 4 is 58.1 Å². The number of aliphatic imine (C=N–C) groups is 1. The van der Waals surface area contributed by atoms with Crippen molar-refractivity contribution in [2.24, 2.45) is 4.99 Å². The highest BCUT2D eigenvalue weighted by molar-refractivity contribution is 7.80. The Morgan fingerprint density at radius 2 is 1.96 bits per heavy atom. The van der Waals surface area contributed by atoms with E-state index in [1.54, 1.807) is 24.3 Å². The van der Waals surface area contributed by atoms with Crippen molar-refractivity contribution < 1.29 is 14.8 Å². The van der Waals surface area contributed by atoms with Gasteiger partial charge in [0, 0.05) is 29.9 Å². The molecule has 1 amide bonds. The third kappa shape index (κ3) is 5.23. The predicted octanol–water partition coefficient (Wildman–Crippen LogP) is 2.91. The molecule has 10 heteroatoms. The molecule has 2 aromatic rings. The zero-order chi connectivity index (χ0) is 19.3. The third-order valence-electron chi connectivity index (χ3n) is 3.03. The first-order valence-electron chi connectivity index (χ1n) is 7.14. The van der Waals surface area contributed by atoms with Gasteiger partial charge in [-0.2, -0.15) is 0 Å². The molecule has 0 spiro atoms. The van der Waals surface area contributed by atoms with E-state index < -0.39 is 16.4 Å². The van der Waals surface area contributed by atoms with Crippen LogP contribution in [0.5, 0.6) is 5.75 Å². The number of amides is 1. The molecule has 0 aliphatic carbocycles. The summed E-state index contributed by atoms with van der Waals surface area (Å²) >= 11 is 10.7. The summed E-state index contributed by atoms with van der Waals surface area (Å²) in [5.74, 6) is -1.05. The van der Waals surface area contributed by atoms with E-state index in [0.717, 1.165) is 6.07 Å². The number of thiocarbonyl (C=S) groups is 1. The fourth-order valence-electron chi connectivity index (χ4n) is 1.93. The molecule has 26 heavy (non-hydrogen) atoms.